The Bertz CT molecular complexity index is 1040. The van der Waals surface area contributed by atoms with Crippen LogP contribution in [0.1, 0.15) is 55.7 Å². The molecule has 7 heteroatoms. The highest BCUT2D eigenvalue weighted by Gasteiger charge is 2.41. The summed E-state index contributed by atoms with van der Waals surface area (Å²) in [6, 6.07) is 10.2. The zero-order chi connectivity index (χ0) is 20.7. The van der Waals surface area contributed by atoms with Gasteiger partial charge in [-0.15, -0.1) is 0 Å². The molecule has 29 heavy (non-hydrogen) atoms. The van der Waals surface area contributed by atoms with Crippen LogP contribution in [0, 0.1) is 24.2 Å². The molecule has 2 N–H and O–H groups in total. The molecule has 1 saturated heterocycles. The van der Waals surface area contributed by atoms with E-state index in [9.17, 15) is 14.9 Å². The predicted octanol–water partition coefficient (Wildman–Crippen LogP) is 3.07. The van der Waals surface area contributed by atoms with Crippen LogP contribution < -0.4 is 15.8 Å². The lowest BCUT2D eigenvalue weighted by Crippen LogP contribution is -2.46. The lowest BCUT2D eigenvalue weighted by molar-refractivity contribution is -0.119. The van der Waals surface area contributed by atoms with E-state index in [2.05, 4.69) is 40.1 Å². The van der Waals surface area contributed by atoms with Crippen molar-refractivity contribution in [3.05, 3.63) is 51.3 Å². The van der Waals surface area contributed by atoms with Gasteiger partial charge in [0.05, 0.1) is 11.6 Å². The molecular formula is C22H25N5O2. The maximum absolute atomic E-state index is 13.2. The molecule has 1 amide bonds. The fraction of sp³-hybridized carbons (Fsp3) is 0.455. The molecule has 0 saturated carbocycles. The molecule has 4 rings (SSSR count). The number of nitrogens with one attached hydrogen (secondary N) is 2. The molecule has 0 bridgehead atoms. The highest BCUT2D eigenvalue weighted by Crippen LogP contribution is 2.39. The van der Waals surface area contributed by atoms with Gasteiger partial charge >= 0.3 is 0 Å². The minimum absolute atomic E-state index is 0.249. The summed E-state index contributed by atoms with van der Waals surface area (Å²) in [5.74, 6) is -1.31. The maximum atomic E-state index is 13.2. The third kappa shape index (κ3) is 3.29. The summed E-state index contributed by atoms with van der Waals surface area (Å²) in [5, 5.41) is 12.4. The number of aromatic nitrogens is 2. The van der Waals surface area contributed by atoms with Gasteiger partial charge < -0.3 is 10.2 Å². The second-order valence-electron chi connectivity index (χ2n) is 8.18. The van der Waals surface area contributed by atoms with Gasteiger partial charge in [0.15, 0.2) is 0 Å². The first-order valence-electron chi connectivity index (χ1n) is 10.1. The summed E-state index contributed by atoms with van der Waals surface area (Å²) in [6.07, 6.45) is 3.20. The number of rotatable bonds is 2. The maximum Gasteiger partial charge on any atom is 0.258 e. The highest BCUT2D eigenvalue weighted by molar-refractivity contribution is 5.98. The Balaban J connectivity index is 1.87. The smallest absolute Gasteiger partial charge is 0.258 e. The molecule has 4 atom stereocenters. The Morgan fingerprint density at radius 3 is 2.59 bits per heavy atom. The number of aryl methyl sites for hydroxylation is 1. The van der Waals surface area contributed by atoms with E-state index in [1.807, 2.05) is 31.2 Å². The quantitative estimate of drug-likeness (QED) is 0.819. The second-order valence-corrected chi connectivity index (χ2v) is 8.18. The van der Waals surface area contributed by atoms with E-state index in [-0.39, 0.29) is 23.5 Å². The SMILES string of the molecule is Cc1cccc(C2c3c(nc(N4C(C)CCCC4C)[nH]c3=O)NC(=O)C2C#N)c1. The molecule has 2 aliphatic heterocycles. The van der Waals surface area contributed by atoms with Crippen LogP contribution in [0.3, 0.4) is 0 Å². The van der Waals surface area contributed by atoms with E-state index in [1.54, 1.807) is 0 Å². The van der Waals surface area contributed by atoms with Crippen LogP contribution in [0.4, 0.5) is 11.8 Å². The van der Waals surface area contributed by atoms with E-state index < -0.39 is 17.7 Å². The number of hydrogen-bond donors (Lipinski definition) is 2. The molecule has 1 aromatic carbocycles. The minimum atomic E-state index is -0.981. The topological polar surface area (TPSA) is 102 Å². The van der Waals surface area contributed by atoms with Crippen LogP contribution in [-0.4, -0.2) is 28.0 Å². The Labute approximate surface area is 169 Å². The molecule has 150 valence electrons. The second kappa shape index (κ2) is 7.36. The number of amides is 1. The number of hydrogen-bond acceptors (Lipinski definition) is 5. The fourth-order valence-corrected chi connectivity index (χ4v) is 4.68. The molecular weight excluding hydrogens is 366 g/mol. The van der Waals surface area contributed by atoms with Crippen molar-refractivity contribution in [2.24, 2.45) is 5.92 Å². The van der Waals surface area contributed by atoms with Gasteiger partial charge in [0.1, 0.15) is 11.7 Å². The monoisotopic (exact) mass is 391 g/mol. The van der Waals surface area contributed by atoms with Crippen molar-refractivity contribution in [2.45, 2.75) is 58.0 Å². The minimum Gasteiger partial charge on any atom is -0.337 e. The third-order valence-corrected chi connectivity index (χ3v) is 6.09. The van der Waals surface area contributed by atoms with Crippen LogP contribution >= 0.6 is 0 Å². The third-order valence-electron chi connectivity index (χ3n) is 6.09. The summed E-state index contributed by atoms with van der Waals surface area (Å²) in [6.45, 7) is 6.18. The summed E-state index contributed by atoms with van der Waals surface area (Å²) in [5.41, 5.74) is 1.82. The van der Waals surface area contributed by atoms with Crippen molar-refractivity contribution in [2.75, 3.05) is 10.2 Å². The lowest BCUT2D eigenvalue weighted by atomic mass is 9.79. The van der Waals surface area contributed by atoms with Gasteiger partial charge in [0.2, 0.25) is 11.9 Å². The van der Waals surface area contributed by atoms with Gasteiger partial charge in [0, 0.05) is 18.0 Å². The Hall–Kier alpha value is -3.14. The fourth-order valence-electron chi connectivity index (χ4n) is 4.68. The van der Waals surface area contributed by atoms with Crippen molar-refractivity contribution in [3.8, 4) is 6.07 Å². The van der Waals surface area contributed by atoms with Crippen LogP contribution in [0.2, 0.25) is 0 Å². The number of carbonyl (C=O) groups is 1. The molecule has 1 fully saturated rings. The molecule has 7 nitrogen and oxygen atoms in total. The number of fused-ring (bicyclic) bond motifs is 1. The Kier molecular flexibility index (Phi) is 4.87. The number of aromatic amines is 1. The van der Waals surface area contributed by atoms with E-state index in [4.69, 9.17) is 0 Å². The van der Waals surface area contributed by atoms with Crippen LogP contribution in [0.5, 0.6) is 0 Å². The number of nitriles is 1. The van der Waals surface area contributed by atoms with Crippen LogP contribution in [0.25, 0.3) is 0 Å². The van der Waals surface area contributed by atoms with Crippen molar-refractivity contribution < 1.29 is 4.79 Å². The zero-order valence-electron chi connectivity index (χ0n) is 16.9. The molecule has 4 unspecified atom stereocenters. The molecule has 1 aromatic heterocycles. The van der Waals surface area contributed by atoms with Gasteiger partial charge in [-0.25, -0.2) is 0 Å². The average molecular weight is 391 g/mol. The molecule has 0 aliphatic carbocycles. The number of H-pyrrole nitrogens is 1. The van der Waals surface area contributed by atoms with Crippen LogP contribution in [-0.2, 0) is 4.79 Å². The zero-order valence-corrected chi connectivity index (χ0v) is 16.9. The summed E-state index contributed by atoms with van der Waals surface area (Å²) < 4.78 is 0. The molecule has 2 aromatic rings. The number of carbonyl (C=O) groups excluding carboxylic acids is 1. The number of benzene rings is 1. The van der Waals surface area contributed by atoms with Crippen molar-refractivity contribution >= 4 is 17.7 Å². The molecule has 0 spiro atoms. The standard InChI is InChI=1S/C22H25N5O2/c1-12-6-4-9-15(10-12)17-16(11-23)20(28)24-19-18(17)21(29)26-22(25-19)27-13(2)7-5-8-14(27)3/h4,6,9-10,13-14,16-17H,5,7-8H2,1-3H3,(H2,24,25,26,28,29). The Morgan fingerprint density at radius 2 is 1.93 bits per heavy atom. The van der Waals surface area contributed by atoms with Crippen LogP contribution in [0.15, 0.2) is 29.1 Å². The van der Waals surface area contributed by atoms with Gasteiger partial charge in [-0.05, 0) is 45.6 Å². The first kappa shape index (κ1) is 19.2. The summed E-state index contributed by atoms with van der Waals surface area (Å²) >= 11 is 0. The van der Waals surface area contributed by atoms with Crippen molar-refractivity contribution in [1.82, 2.24) is 9.97 Å². The first-order valence-corrected chi connectivity index (χ1v) is 10.1. The number of piperidine rings is 1. The average Bonchev–Trinajstić information content (AvgIpc) is 2.66. The van der Waals surface area contributed by atoms with E-state index in [1.165, 1.54) is 0 Å². The van der Waals surface area contributed by atoms with Gasteiger partial charge in [-0.1, -0.05) is 29.8 Å². The van der Waals surface area contributed by atoms with E-state index in [0.717, 1.165) is 30.4 Å². The van der Waals surface area contributed by atoms with E-state index >= 15 is 0 Å². The van der Waals surface area contributed by atoms with Crippen molar-refractivity contribution in [1.29, 1.82) is 5.26 Å². The molecule has 0 radical (unpaired) electrons. The van der Waals surface area contributed by atoms with Crippen molar-refractivity contribution in [3.63, 3.8) is 0 Å². The number of anilines is 2. The molecule has 2 aliphatic rings. The first-order chi connectivity index (χ1) is 13.9. The van der Waals surface area contributed by atoms with Gasteiger partial charge in [0.25, 0.3) is 5.56 Å². The van der Waals surface area contributed by atoms with E-state index in [0.29, 0.717) is 11.5 Å². The summed E-state index contributed by atoms with van der Waals surface area (Å²) in [4.78, 5) is 35.6. The van der Waals surface area contributed by atoms with Gasteiger partial charge in [-0.2, -0.15) is 10.2 Å². The highest BCUT2D eigenvalue weighted by atomic mass is 16.2. The van der Waals surface area contributed by atoms with Gasteiger partial charge in [-0.3, -0.25) is 14.6 Å². The lowest BCUT2D eigenvalue weighted by Gasteiger charge is -2.40. The molecule has 3 heterocycles. The predicted molar refractivity (Wildman–Crippen MR) is 111 cm³/mol. The number of nitrogens with zero attached hydrogens (tertiary/aromatic N) is 3. The Morgan fingerprint density at radius 1 is 1.21 bits per heavy atom. The largest absolute Gasteiger partial charge is 0.337 e. The summed E-state index contributed by atoms with van der Waals surface area (Å²) in [7, 11) is 0. The normalized spacial score (nSPS) is 26.4.